The maximum absolute atomic E-state index is 2.45. The van der Waals surface area contributed by atoms with E-state index in [9.17, 15) is 0 Å². The van der Waals surface area contributed by atoms with E-state index >= 15 is 0 Å². The second kappa shape index (κ2) is 5.69. The van der Waals surface area contributed by atoms with Crippen molar-refractivity contribution < 1.29 is 0 Å². The molecule has 1 aromatic rings. The Hall–Kier alpha value is 0.0629. The maximum atomic E-state index is 2.45. The van der Waals surface area contributed by atoms with Gasteiger partial charge in [-0.1, -0.05) is 0 Å². The van der Waals surface area contributed by atoms with Crippen molar-refractivity contribution in [2.24, 2.45) is 0 Å². The van der Waals surface area contributed by atoms with Crippen LogP contribution in [0.2, 0.25) is 0 Å². The van der Waals surface area contributed by atoms with Crippen molar-refractivity contribution in [1.29, 1.82) is 0 Å². The van der Waals surface area contributed by atoms with Gasteiger partial charge in [0.05, 0.1) is 0 Å². The molecule has 0 spiro atoms. The van der Waals surface area contributed by atoms with E-state index in [1.165, 1.54) is 28.7 Å². The predicted octanol–water partition coefficient (Wildman–Crippen LogP) is 5.23. The third-order valence-corrected chi connectivity index (χ3v) is 5.82. The molecule has 0 bridgehead atoms. The third-order valence-electron chi connectivity index (χ3n) is 3.70. The molecule has 0 aliphatic carbocycles. The molecule has 110 valence electrons. The molecule has 2 radical (unpaired) electrons. The van der Waals surface area contributed by atoms with Crippen molar-refractivity contribution in [3.63, 3.8) is 0 Å². The fourth-order valence-corrected chi connectivity index (χ4v) is 4.89. The zero-order valence-corrected chi connectivity index (χ0v) is 17.6. The van der Waals surface area contributed by atoms with Gasteiger partial charge in [0.2, 0.25) is 0 Å². The summed E-state index contributed by atoms with van der Waals surface area (Å²) >= 11 is 2.26. The van der Waals surface area contributed by atoms with Gasteiger partial charge in [-0.3, -0.25) is 0 Å². The minimum atomic E-state index is 0.194. The molecule has 1 aromatic carbocycles. The number of hydrogen-bond donors (Lipinski definition) is 0. The van der Waals surface area contributed by atoms with Crippen LogP contribution in [0.1, 0.15) is 79.0 Å². The van der Waals surface area contributed by atoms with Crippen LogP contribution < -0.4 is 5.30 Å². The molecule has 0 saturated carbocycles. The average Bonchev–Trinajstić information content (AvgIpc) is 2.23. The van der Waals surface area contributed by atoms with Crippen LogP contribution in [-0.2, 0) is 16.2 Å². The molecular formula is C18H29GeP. The van der Waals surface area contributed by atoms with Crippen LogP contribution in [-0.4, -0.2) is 15.6 Å². The molecule has 2 heteroatoms. The van der Waals surface area contributed by atoms with E-state index < -0.39 is 0 Å². The third kappa shape index (κ3) is 4.04. The number of rotatable bonds is 1. The molecule has 0 fully saturated rings. The van der Waals surface area contributed by atoms with Crippen molar-refractivity contribution in [3.8, 4) is 0 Å². The van der Waals surface area contributed by atoms with Crippen LogP contribution in [0.4, 0.5) is 0 Å². The molecule has 0 aliphatic rings. The Morgan fingerprint density at radius 3 is 1.25 bits per heavy atom. The summed E-state index contributed by atoms with van der Waals surface area (Å²) in [6.45, 7) is 22.3. The van der Waals surface area contributed by atoms with E-state index in [0.717, 1.165) is 0 Å². The van der Waals surface area contributed by atoms with Gasteiger partial charge in [-0.2, -0.15) is 0 Å². The van der Waals surface area contributed by atoms with Gasteiger partial charge < -0.3 is 0 Å². The Morgan fingerprint density at radius 2 is 1.05 bits per heavy atom. The Balaban J connectivity index is 3.80. The van der Waals surface area contributed by atoms with Crippen molar-refractivity contribution >= 4 is 27.6 Å². The summed E-state index contributed by atoms with van der Waals surface area (Å²) in [4.78, 5) is 0. The van der Waals surface area contributed by atoms with Gasteiger partial charge in [0, 0.05) is 0 Å². The van der Waals surface area contributed by atoms with Crippen LogP contribution in [0.5, 0.6) is 0 Å². The molecule has 0 nitrogen and oxygen atoms in total. The monoisotopic (exact) mass is 350 g/mol. The molecule has 0 aliphatic heterocycles. The molecular weight excluding hydrogens is 320 g/mol. The average molecular weight is 349 g/mol. The first kappa shape index (κ1) is 18.1. The van der Waals surface area contributed by atoms with Gasteiger partial charge in [-0.15, -0.1) is 0 Å². The molecule has 0 aromatic heterocycles. The summed E-state index contributed by atoms with van der Waals surface area (Å²) in [5.74, 6) is 0. The Labute approximate surface area is 135 Å². The van der Waals surface area contributed by atoms with Gasteiger partial charge >= 0.3 is 135 Å². The summed E-state index contributed by atoms with van der Waals surface area (Å²) in [6.07, 6.45) is 0. The molecule has 0 atom stereocenters. The van der Waals surface area contributed by atoms with E-state index in [-0.39, 0.29) is 16.2 Å². The van der Waals surface area contributed by atoms with Gasteiger partial charge in [0.15, 0.2) is 0 Å². The van der Waals surface area contributed by atoms with Crippen molar-refractivity contribution in [3.05, 3.63) is 28.8 Å². The molecule has 0 heterocycles. The zero-order valence-electron chi connectivity index (χ0n) is 14.6. The molecule has 0 unspecified atom stereocenters. The van der Waals surface area contributed by atoms with Gasteiger partial charge in [-0.25, -0.2) is 0 Å². The van der Waals surface area contributed by atoms with Crippen molar-refractivity contribution in [2.75, 3.05) is 0 Å². The van der Waals surface area contributed by atoms with E-state index in [2.05, 4.69) is 90.0 Å². The van der Waals surface area contributed by atoms with Crippen LogP contribution in [0.15, 0.2) is 12.1 Å². The molecule has 0 saturated heterocycles. The predicted molar refractivity (Wildman–Crippen MR) is 94.9 cm³/mol. The summed E-state index contributed by atoms with van der Waals surface area (Å²) in [7, 11) is 0. The van der Waals surface area contributed by atoms with Gasteiger partial charge in [0.25, 0.3) is 0 Å². The second-order valence-corrected chi connectivity index (χ2v) is 10.9. The molecule has 1 rings (SSSR count). The Kier molecular flexibility index (Phi) is 5.15. The first-order valence-electron chi connectivity index (χ1n) is 7.35. The van der Waals surface area contributed by atoms with E-state index in [0.29, 0.717) is 0 Å². The SMILES string of the molecule is CC(C)(C)c1cc(C(C)(C)C)c([P]=[Ge])c(C(C)(C)C)c1. The van der Waals surface area contributed by atoms with Crippen molar-refractivity contribution in [2.45, 2.75) is 78.6 Å². The van der Waals surface area contributed by atoms with E-state index in [1.807, 2.05) is 0 Å². The Morgan fingerprint density at radius 1 is 0.700 bits per heavy atom. The van der Waals surface area contributed by atoms with E-state index in [4.69, 9.17) is 0 Å². The van der Waals surface area contributed by atoms with Crippen LogP contribution in [0.3, 0.4) is 0 Å². The molecule has 0 N–H and O–H groups in total. The number of benzene rings is 1. The summed E-state index contributed by atoms with van der Waals surface area (Å²) in [5, 5.41) is 1.53. The summed E-state index contributed by atoms with van der Waals surface area (Å²) < 4.78 is 0. The first-order chi connectivity index (χ1) is 8.78. The zero-order chi connectivity index (χ0) is 15.9. The molecule has 20 heavy (non-hydrogen) atoms. The fourth-order valence-electron chi connectivity index (χ4n) is 2.33. The minimum absolute atomic E-state index is 0.194. The van der Waals surface area contributed by atoms with E-state index in [1.54, 1.807) is 0 Å². The fraction of sp³-hybridized carbons (Fsp3) is 0.667. The first-order valence-corrected chi connectivity index (χ1v) is 11.1. The standard InChI is InChI=1S/C18H29GeP/c1-16(2,3)12-10-13(17(4,5)6)15(20-19)14(11-12)18(7,8)9/h10-11H,1-9H3. The second-order valence-electron chi connectivity index (χ2n) is 8.78. The van der Waals surface area contributed by atoms with Crippen LogP contribution in [0.25, 0.3) is 0 Å². The quantitative estimate of drug-likeness (QED) is 0.481. The summed E-state index contributed by atoms with van der Waals surface area (Å²) in [5.41, 5.74) is 5.07. The molecule has 0 amide bonds. The topological polar surface area (TPSA) is 0 Å². The van der Waals surface area contributed by atoms with Gasteiger partial charge in [-0.05, 0) is 0 Å². The van der Waals surface area contributed by atoms with Gasteiger partial charge in [0.1, 0.15) is 0 Å². The Bertz CT molecular complexity index is 473. The van der Waals surface area contributed by atoms with Crippen LogP contribution in [0, 0.1) is 0 Å². The van der Waals surface area contributed by atoms with Crippen molar-refractivity contribution in [1.82, 2.24) is 0 Å². The summed E-state index contributed by atoms with van der Waals surface area (Å²) in [6, 6.07) is 4.89. The number of hydrogen-bond acceptors (Lipinski definition) is 0. The normalized spacial score (nSPS) is 13.8. The van der Waals surface area contributed by atoms with Crippen LogP contribution >= 0.6 is 6.75 Å².